The molecule has 1 N–H and O–H groups in total. The number of imidazole rings is 1. The quantitative estimate of drug-likeness (QED) is 0.831. The Balaban J connectivity index is 2.58. The van der Waals surface area contributed by atoms with Crippen molar-refractivity contribution in [1.29, 1.82) is 0 Å². The van der Waals surface area contributed by atoms with Crippen molar-refractivity contribution in [3.63, 3.8) is 0 Å². The first-order valence-corrected chi connectivity index (χ1v) is 6.08. The lowest BCUT2D eigenvalue weighted by Crippen LogP contribution is -2.44. The van der Waals surface area contributed by atoms with Gasteiger partial charge in [0.15, 0.2) is 0 Å². The zero-order valence-electron chi connectivity index (χ0n) is 11.2. The van der Waals surface area contributed by atoms with Crippen LogP contribution in [0.5, 0.6) is 0 Å². The van der Waals surface area contributed by atoms with Crippen molar-refractivity contribution >= 4 is 0 Å². The summed E-state index contributed by atoms with van der Waals surface area (Å²) < 4.78 is 2.14. The van der Waals surface area contributed by atoms with E-state index in [9.17, 15) is 0 Å². The van der Waals surface area contributed by atoms with E-state index in [0.717, 1.165) is 13.1 Å². The molecule has 1 aromatic heterocycles. The second kappa shape index (κ2) is 5.48. The Morgan fingerprint density at radius 2 is 2.00 bits per heavy atom. The summed E-state index contributed by atoms with van der Waals surface area (Å²) >= 11 is 0. The molecule has 0 aliphatic heterocycles. The van der Waals surface area contributed by atoms with Gasteiger partial charge in [0.2, 0.25) is 0 Å². The first-order chi connectivity index (χ1) is 7.39. The summed E-state index contributed by atoms with van der Waals surface area (Å²) in [5.41, 5.74) is 0.263. The van der Waals surface area contributed by atoms with Gasteiger partial charge < -0.3 is 9.88 Å². The highest BCUT2D eigenvalue weighted by Gasteiger charge is 2.24. The van der Waals surface area contributed by atoms with Gasteiger partial charge >= 0.3 is 0 Å². The second-order valence-electron chi connectivity index (χ2n) is 5.98. The van der Waals surface area contributed by atoms with Crippen molar-refractivity contribution in [2.45, 2.75) is 47.2 Å². The molecular formula is C13H25N3. The van der Waals surface area contributed by atoms with Crippen molar-refractivity contribution in [3.8, 4) is 0 Å². The Morgan fingerprint density at radius 3 is 2.44 bits per heavy atom. The molecule has 0 spiro atoms. The third-order valence-electron chi connectivity index (χ3n) is 2.77. The van der Waals surface area contributed by atoms with Gasteiger partial charge in [0.1, 0.15) is 0 Å². The zero-order chi connectivity index (χ0) is 12.2. The smallest absolute Gasteiger partial charge is 0.0946 e. The Kier molecular flexibility index (Phi) is 4.54. The summed E-state index contributed by atoms with van der Waals surface area (Å²) in [7, 11) is 0. The Bertz CT molecular complexity index is 283. The van der Waals surface area contributed by atoms with Crippen molar-refractivity contribution < 1.29 is 0 Å². The van der Waals surface area contributed by atoms with Crippen molar-refractivity contribution in [3.05, 3.63) is 18.7 Å². The molecule has 0 fully saturated rings. The predicted octanol–water partition coefficient (Wildman–Crippen LogP) is 2.54. The first-order valence-electron chi connectivity index (χ1n) is 6.08. The molecule has 1 heterocycles. The molecule has 1 atom stereocenters. The fourth-order valence-corrected chi connectivity index (χ4v) is 1.63. The van der Waals surface area contributed by atoms with E-state index in [4.69, 9.17) is 0 Å². The Labute approximate surface area is 99.3 Å². The fraction of sp³-hybridized carbons (Fsp3) is 0.769. The van der Waals surface area contributed by atoms with E-state index in [1.54, 1.807) is 0 Å². The SMILES string of the molecule is CC(C)CNC(Cn1ccnc1)C(C)(C)C. The zero-order valence-corrected chi connectivity index (χ0v) is 11.2. The molecule has 1 rings (SSSR count). The van der Waals surface area contributed by atoms with E-state index < -0.39 is 0 Å². The largest absolute Gasteiger partial charge is 0.336 e. The molecule has 0 amide bonds. The van der Waals surface area contributed by atoms with Gasteiger partial charge in [-0.2, -0.15) is 0 Å². The van der Waals surface area contributed by atoms with Crippen LogP contribution in [0.2, 0.25) is 0 Å². The summed E-state index contributed by atoms with van der Waals surface area (Å²) in [4.78, 5) is 4.09. The van der Waals surface area contributed by atoms with E-state index >= 15 is 0 Å². The van der Waals surface area contributed by atoms with E-state index in [2.05, 4.69) is 49.5 Å². The molecule has 3 heteroatoms. The number of rotatable bonds is 5. The monoisotopic (exact) mass is 223 g/mol. The lowest BCUT2D eigenvalue weighted by Gasteiger charge is -2.32. The Hall–Kier alpha value is -0.830. The van der Waals surface area contributed by atoms with E-state index in [0.29, 0.717) is 12.0 Å². The van der Waals surface area contributed by atoms with Gasteiger partial charge in [-0.15, -0.1) is 0 Å². The maximum Gasteiger partial charge on any atom is 0.0946 e. The first kappa shape index (κ1) is 13.2. The summed E-state index contributed by atoms with van der Waals surface area (Å²) in [5.74, 6) is 0.688. The summed E-state index contributed by atoms with van der Waals surface area (Å²) in [6, 6.07) is 0.476. The average Bonchev–Trinajstić information content (AvgIpc) is 2.62. The van der Waals surface area contributed by atoms with Crippen LogP contribution in [0.3, 0.4) is 0 Å². The molecule has 0 saturated carbocycles. The lowest BCUT2D eigenvalue weighted by atomic mass is 9.86. The second-order valence-corrected chi connectivity index (χ2v) is 5.98. The average molecular weight is 223 g/mol. The molecule has 0 bridgehead atoms. The van der Waals surface area contributed by atoms with Gasteiger partial charge in [-0.3, -0.25) is 0 Å². The van der Waals surface area contributed by atoms with E-state index in [-0.39, 0.29) is 5.41 Å². The van der Waals surface area contributed by atoms with Crippen LogP contribution in [0.25, 0.3) is 0 Å². The molecule has 0 saturated heterocycles. The predicted molar refractivity (Wildman–Crippen MR) is 68.3 cm³/mol. The van der Waals surface area contributed by atoms with Gasteiger partial charge in [-0.25, -0.2) is 4.98 Å². The molecule has 0 aromatic carbocycles. The van der Waals surface area contributed by atoms with Crippen molar-refractivity contribution in [2.24, 2.45) is 11.3 Å². The topological polar surface area (TPSA) is 29.9 Å². The van der Waals surface area contributed by atoms with Crippen LogP contribution in [0.1, 0.15) is 34.6 Å². The summed E-state index contributed by atoms with van der Waals surface area (Å²) in [6.45, 7) is 13.4. The van der Waals surface area contributed by atoms with Gasteiger partial charge in [0.25, 0.3) is 0 Å². The van der Waals surface area contributed by atoms with Crippen LogP contribution >= 0.6 is 0 Å². The number of nitrogens with one attached hydrogen (secondary N) is 1. The van der Waals surface area contributed by atoms with Crippen molar-refractivity contribution in [2.75, 3.05) is 6.54 Å². The van der Waals surface area contributed by atoms with Crippen molar-refractivity contribution in [1.82, 2.24) is 14.9 Å². The van der Waals surface area contributed by atoms with Gasteiger partial charge in [-0.1, -0.05) is 34.6 Å². The van der Waals surface area contributed by atoms with Gasteiger partial charge in [-0.05, 0) is 17.9 Å². The highest BCUT2D eigenvalue weighted by Crippen LogP contribution is 2.20. The standard InChI is InChI=1S/C13H25N3/c1-11(2)8-15-12(13(3,4)5)9-16-7-6-14-10-16/h6-7,10-12,15H,8-9H2,1-5H3. The maximum absolute atomic E-state index is 4.09. The third-order valence-corrected chi connectivity index (χ3v) is 2.77. The van der Waals surface area contributed by atoms with Crippen LogP contribution in [0.4, 0.5) is 0 Å². The van der Waals surface area contributed by atoms with E-state index in [1.165, 1.54) is 0 Å². The Morgan fingerprint density at radius 1 is 1.31 bits per heavy atom. The summed E-state index contributed by atoms with van der Waals surface area (Å²) in [6.07, 6.45) is 5.74. The number of nitrogens with zero attached hydrogens (tertiary/aromatic N) is 2. The van der Waals surface area contributed by atoms with Gasteiger partial charge in [0, 0.05) is 25.0 Å². The molecule has 1 aromatic rings. The van der Waals surface area contributed by atoms with Crippen LogP contribution in [0.15, 0.2) is 18.7 Å². The molecular weight excluding hydrogens is 198 g/mol. The molecule has 16 heavy (non-hydrogen) atoms. The van der Waals surface area contributed by atoms with Crippen LogP contribution in [-0.4, -0.2) is 22.1 Å². The van der Waals surface area contributed by atoms with Crippen LogP contribution in [0, 0.1) is 11.3 Å². The number of hydrogen-bond acceptors (Lipinski definition) is 2. The molecule has 0 aliphatic carbocycles. The highest BCUT2D eigenvalue weighted by molar-refractivity contribution is 4.84. The molecule has 0 radical (unpaired) electrons. The third kappa shape index (κ3) is 4.35. The molecule has 0 aliphatic rings. The maximum atomic E-state index is 4.09. The molecule has 92 valence electrons. The molecule has 1 unspecified atom stereocenters. The minimum Gasteiger partial charge on any atom is -0.336 e. The fourth-order valence-electron chi connectivity index (χ4n) is 1.63. The summed E-state index contributed by atoms with van der Waals surface area (Å²) in [5, 5.41) is 3.65. The highest BCUT2D eigenvalue weighted by atomic mass is 15.1. The van der Waals surface area contributed by atoms with Gasteiger partial charge in [0.05, 0.1) is 6.33 Å². The van der Waals surface area contributed by atoms with Crippen LogP contribution < -0.4 is 5.32 Å². The number of hydrogen-bond donors (Lipinski definition) is 1. The molecule has 3 nitrogen and oxygen atoms in total. The minimum absolute atomic E-state index is 0.263. The van der Waals surface area contributed by atoms with Crippen LogP contribution in [-0.2, 0) is 6.54 Å². The minimum atomic E-state index is 0.263. The normalized spacial score (nSPS) is 14.4. The number of aromatic nitrogens is 2. The lowest BCUT2D eigenvalue weighted by molar-refractivity contribution is 0.235. The van der Waals surface area contributed by atoms with E-state index in [1.807, 2.05) is 18.7 Å².